The number of thiazole rings is 1. The molecule has 3 aromatic rings. The van der Waals surface area contributed by atoms with E-state index < -0.39 is 5.82 Å². The Morgan fingerprint density at radius 2 is 2.16 bits per heavy atom. The van der Waals surface area contributed by atoms with Crippen molar-refractivity contribution < 1.29 is 14.2 Å². The molecule has 2 N–H and O–H groups in total. The molecule has 7 nitrogen and oxygen atoms in total. The zero-order valence-corrected chi connectivity index (χ0v) is 18.7. The van der Waals surface area contributed by atoms with Gasteiger partial charge in [-0.3, -0.25) is 0 Å². The minimum absolute atomic E-state index is 0.0316. The first-order chi connectivity index (χ1) is 15.6. The van der Waals surface area contributed by atoms with Crippen molar-refractivity contribution in [1.29, 1.82) is 0 Å². The summed E-state index contributed by atoms with van der Waals surface area (Å²) in [6.07, 6.45) is 3.81. The molecule has 0 saturated carbocycles. The molecule has 2 aliphatic heterocycles. The number of aryl methyl sites for hydroxylation is 1. The van der Waals surface area contributed by atoms with Crippen LogP contribution in [0.1, 0.15) is 17.8 Å². The molecule has 0 amide bonds. The van der Waals surface area contributed by atoms with Crippen molar-refractivity contribution in [3.05, 3.63) is 41.3 Å². The zero-order chi connectivity index (χ0) is 22.1. The molecule has 0 bridgehead atoms. The number of phenolic OH excluding ortho intramolecular Hbond substituents is 1. The molecule has 2 aromatic heterocycles. The smallest absolute Gasteiger partial charge is 0.151 e. The number of hydrogen-bond acceptors (Lipinski definition) is 8. The highest BCUT2D eigenvalue weighted by Gasteiger charge is 2.25. The highest BCUT2D eigenvalue weighted by molar-refractivity contribution is 7.15. The van der Waals surface area contributed by atoms with Crippen molar-refractivity contribution in [1.82, 2.24) is 20.5 Å². The first kappa shape index (κ1) is 21.2. The summed E-state index contributed by atoms with van der Waals surface area (Å²) in [5.41, 5.74) is 1.10. The minimum atomic E-state index is -0.423. The van der Waals surface area contributed by atoms with Gasteiger partial charge in [-0.2, -0.15) is 0 Å². The Balaban J connectivity index is 1.26. The summed E-state index contributed by atoms with van der Waals surface area (Å²) in [6, 6.07) is 6.83. The Morgan fingerprint density at radius 1 is 1.25 bits per heavy atom. The van der Waals surface area contributed by atoms with Gasteiger partial charge in [-0.05, 0) is 49.9 Å². The predicted molar refractivity (Wildman–Crippen MR) is 122 cm³/mol. The van der Waals surface area contributed by atoms with E-state index in [9.17, 15) is 9.50 Å². The van der Waals surface area contributed by atoms with Crippen LogP contribution in [0.25, 0.3) is 21.7 Å². The lowest BCUT2D eigenvalue weighted by molar-refractivity contribution is 0.184. The summed E-state index contributed by atoms with van der Waals surface area (Å²) in [4.78, 5) is 7.05. The Morgan fingerprint density at radius 3 is 2.88 bits per heavy atom. The number of nitrogens with one attached hydrogen (secondary N) is 1. The second-order valence-corrected chi connectivity index (χ2v) is 9.67. The first-order valence-corrected chi connectivity index (χ1v) is 11.7. The molecule has 32 heavy (non-hydrogen) atoms. The highest BCUT2D eigenvalue weighted by Crippen LogP contribution is 2.36. The summed E-state index contributed by atoms with van der Waals surface area (Å²) >= 11 is 1.38. The van der Waals surface area contributed by atoms with Crippen molar-refractivity contribution in [3.8, 4) is 27.4 Å². The van der Waals surface area contributed by atoms with E-state index in [0.717, 1.165) is 56.5 Å². The maximum Gasteiger partial charge on any atom is 0.151 e. The van der Waals surface area contributed by atoms with Crippen molar-refractivity contribution in [2.24, 2.45) is 5.92 Å². The number of phenols is 1. The highest BCUT2D eigenvalue weighted by atomic mass is 32.1. The number of aromatic hydroxyl groups is 1. The number of nitrogens with zero attached hydrogens (tertiary/aromatic N) is 4. The topological polar surface area (TPSA) is 83.4 Å². The fourth-order valence-corrected chi connectivity index (χ4v) is 5.09. The summed E-state index contributed by atoms with van der Waals surface area (Å²) in [5, 5.41) is 23.6. The first-order valence-electron chi connectivity index (χ1n) is 10.9. The third-order valence-corrected chi connectivity index (χ3v) is 7.08. The predicted octanol–water partition coefficient (Wildman–Crippen LogP) is 3.63. The van der Waals surface area contributed by atoms with Crippen molar-refractivity contribution in [2.45, 2.75) is 25.8 Å². The van der Waals surface area contributed by atoms with Crippen LogP contribution in [-0.2, 0) is 4.74 Å². The third-order valence-electron chi connectivity index (χ3n) is 6.13. The van der Waals surface area contributed by atoms with Gasteiger partial charge in [0.15, 0.2) is 5.82 Å². The lowest BCUT2D eigenvalue weighted by atomic mass is 10.1. The Labute approximate surface area is 190 Å². The quantitative estimate of drug-likeness (QED) is 0.587. The maximum atomic E-state index is 14.8. The van der Waals surface area contributed by atoms with Crippen LogP contribution in [-0.4, -0.2) is 59.2 Å². The molecule has 0 radical (unpaired) electrons. The van der Waals surface area contributed by atoms with Gasteiger partial charge in [0.1, 0.15) is 11.6 Å². The molecule has 1 aromatic carbocycles. The van der Waals surface area contributed by atoms with Crippen LogP contribution in [0.5, 0.6) is 5.75 Å². The van der Waals surface area contributed by atoms with Gasteiger partial charge in [-0.1, -0.05) is 0 Å². The van der Waals surface area contributed by atoms with E-state index >= 15 is 0 Å². The van der Waals surface area contributed by atoms with Gasteiger partial charge in [0, 0.05) is 49.6 Å². The Hall–Kier alpha value is -2.62. The van der Waals surface area contributed by atoms with E-state index in [-0.39, 0.29) is 5.75 Å². The van der Waals surface area contributed by atoms with Gasteiger partial charge in [-0.15, -0.1) is 21.5 Å². The number of anilines is 1. The van der Waals surface area contributed by atoms with E-state index in [0.29, 0.717) is 33.7 Å². The van der Waals surface area contributed by atoms with E-state index in [1.165, 1.54) is 23.5 Å². The molecule has 2 atom stereocenters. The molecule has 2 aliphatic rings. The monoisotopic (exact) mass is 455 g/mol. The van der Waals surface area contributed by atoms with Crippen LogP contribution in [0.15, 0.2) is 30.5 Å². The Bertz CT molecular complexity index is 1080. The number of hydrogen-bond donors (Lipinski definition) is 2. The van der Waals surface area contributed by atoms with Gasteiger partial charge in [-0.25, -0.2) is 9.37 Å². The maximum absolute atomic E-state index is 14.8. The second-order valence-electron chi connectivity index (χ2n) is 8.44. The van der Waals surface area contributed by atoms with Crippen LogP contribution >= 0.6 is 11.3 Å². The summed E-state index contributed by atoms with van der Waals surface area (Å²) in [5.74, 6) is 0.950. The lowest BCUT2D eigenvalue weighted by Gasteiger charge is -2.18. The molecule has 9 heteroatoms. The van der Waals surface area contributed by atoms with Crippen LogP contribution in [0.4, 0.5) is 10.2 Å². The van der Waals surface area contributed by atoms with Crippen molar-refractivity contribution >= 4 is 17.2 Å². The number of ether oxygens (including phenoxy) is 1. The zero-order valence-electron chi connectivity index (χ0n) is 17.9. The summed E-state index contributed by atoms with van der Waals surface area (Å²) in [6.45, 7) is 6.37. The molecule has 4 heterocycles. The van der Waals surface area contributed by atoms with Gasteiger partial charge in [0.25, 0.3) is 0 Å². The van der Waals surface area contributed by atoms with Gasteiger partial charge < -0.3 is 20.1 Å². The van der Waals surface area contributed by atoms with Crippen molar-refractivity contribution in [3.63, 3.8) is 0 Å². The molecule has 5 rings (SSSR count). The molecular weight excluding hydrogens is 429 g/mol. The average molecular weight is 456 g/mol. The number of aromatic nitrogens is 3. The van der Waals surface area contributed by atoms with Crippen LogP contribution in [0, 0.1) is 18.7 Å². The fourth-order valence-electron chi connectivity index (χ4n) is 4.29. The van der Waals surface area contributed by atoms with E-state index in [2.05, 4.69) is 25.4 Å². The molecular formula is C23H26FN5O2S. The summed E-state index contributed by atoms with van der Waals surface area (Å²) < 4.78 is 20.2. The van der Waals surface area contributed by atoms with Crippen LogP contribution < -0.4 is 10.2 Å². The number of halogens is 1. The van der Waals surface area contributed by atoms with Crippen LogP contribution in [0.3, 0.4) is 0 Å². The number of rotatable bonds is 6. The average Bonchev–Trinajstić information content (AvgIpc) is 3.56. The molecule has 0 aliphatic carbocycles. The van der Waals surface area contributed by atoms with E-state index in [4.69, 9.17) is 4.74 Å². The summed E-state index contributed by atoms with van der Waals surface area (Å²) in [7, 11) is 0. The van der Waals surface area contributed by atoms with Gasteiger partial charge in [0.05, 0.1) is 22.2 Å². The molecule has 2 fully saturated rings. The fraction of sp³-hybridized carbons (Fsp3) is 0.435. The minimum Gasteiger partial charge on any atom is -0.507 e. The van der Waals surface area contributed by atoms with Gasteiger partial charge in [0.2, 0.25) is 0 Å². The standard InChI is InChI=1S/C23H26FN5O2S/c1-14-25-11-22(32-14)17-9-21(30)18(8-19(17)24)20-2-3-23(28-27-20)29-6-4-16(12-29)26-10-15-5-7-31-13-15/h2-3,8-9,11,15-16,26,30H,4-7,10,12-13H2,1H3/t15?,16-/m1/s1. The third kappa shape index (κ3) is 4.46. The van der Waals surface area contributed by atoms with Crippen LogP contribution in [0.2, 0.25) is 0 Å². The lowest BCUT2D eigenvalue weighted by Crippen LogP contribution is -2.36. The SMILES string of the molecule is Cc1ncc(-c2cc(O)c(-c3ccc(N4CC[C@@H](NCC5CCOC5)C4)nn3)cc2F)s1. The number of benzene rings is 1. The normalized spacial score (nSPS) is 20.9. The van der Waals surface area contributed by atoms with E-state index in [1.807, 2.05) is 13.0 Å². The second kappa shape index (κ2) is 9.09. The Kier molecular flexibility index (Phi) is 6.03. The molecule has 2 saturated heterocycles. The van der Waals surface area contributed by atoms with Crippen molar-refractivity contribution in [2.75, 3.05) is 37.7 Å². The molecule has 0 spiro atoms. The molecule has 1 unspecified atom stereocenters. The van der Waals surface area contributed by atoms with E-state index in [1.54, 1.807) is 12.3 Å². The van der Waals surface area contributed by atoms with Gasteiger partial charge >= 0.3 is 0 Å². The molecule has 168 valence electrons. The largest absolute Gasteiger partial charge is 0.507 e.